The topological polar surface area (TPSA) is 0 Å². The Hall–Kier alpha value is -8.58. The van der Waals surface area contributed by atoms with Crippen molar-refractivity contribution in [2.24, 2.45) is 0 Å². The molecule has 0 nitrogen and oxygen atoms in total. The van der Waals surface area contributed by atoms with Crippen LogP contribution < -0.4 is 0 Å². The normalized spacial score (nSPS) is 11.4. The predicted octanol–water partition coefficient (Wildman–Crippen LogP) is 18.6. The Bertz CT molecular complexity index is 3550. The monoisotopic (exact) mass is 894 g/mol. The van der Waals surface area contributed by atoms with Crippen molar-refractivity contribution in [3.8, 4) is 22.3 Å². The van der Waals surface area contributed by atoms with Crippen molar-refractivity contribution in [1.82, 2.24) is 0 Å². The van der Waals surface area contributed by atoms with Crippen LogP contribution in [0.2, 0.25) is 0 Å². The first-order valence-electron chi connectivity index (χ1n) is 24.4. The Balaban J connectivity index is 1.11. The lowest BCUT2D eigenvalue weighted by molar-refractivity contribution is 0.591. The molecule has 0 fully saturated rings. The molecule has 0 saturated carbocycles. The van der Waals surface area contributed by atoms with Gasteiger partial charge in [-0.05, 0) is 128 Å². The zero-order valence-electron chi connectivity index (χ0n) is 40.0. The van der Waals surface area contributed by atoms with Gasteiger partial charge in [0.15, 0.2) is 0 Å². The smallest absolute Gasteiger partial charge is 0.00263 e. The highest BCUT2D eigenvalue weighted by Crippen LogP contribution is 2.47. The summed E-state index contributed by atoms with van der Waals surface area (Å²) in [4.78, 5) is 0. The van der Waals surface area contributed by atoms with Crippen molar-refractivity contribution in [3.05, 3.63) is 323 Å². The molecule has 0 N–H and O–H groups in total. The Morgan fingerprint density at radius 2 is 0.471 bits per heavy atom. The number of benzene rings is 11. The zero-order chi connectivity index (χ0) is 47.4. The second-order valence-electron chi connectivity index (χ2n) is 19.2. The summed E-state index contributed by atoms with van der Waals surface area (Å²) in [5.41, 5.74) is 20.4. The van der Waals surface area contributed by atoms with Gasteiger partial charge in [0.1, 0.15) is 0 Å². The van der Waals surface area contributed by atoms with Gasteiger partial charge in [0.05, 0.1) is 0 Å². The van der Waals surface area contributed by atoms with Gasteiger partial charge in [-0.2, -0.15) is 0 Å². The molecule has 0 saturated heterocycles. The van der Waals surface area contributed by atoms with Crippen LogP contribution in [0.4, 0.5) is 0 Å². The highest BCUT2D eigenvalue weighted by atomic mass is 14.3. The first-order chi connectivity index (χ1) is 34.4. The Morgan fingerprint density at radius 3 is 0.757 bits per heavy atom. The van der Waals surface area contributed by atoms with E-state index in [0.29, 0.717) is 0 Å². The number of rotatable bonds is 10. The van der Waals surface area contributed by atoms with Crippen molar-refractivity contribution in [3.63, 3.8) is 0 Å². The quantitative estimate of drug-likeness (QED) is 0.0948. The molecule has 11 rings (SSSR count). The van der Waals surface area contributed by atoms with Crippen molar-refractivity contribution in [1.29, 1.82) is 0 Å². The van der Waals surface area contributed by atoms with Crippen LogP contribution in [-0.4, -0.2) is 0 Å². The van der Waals surface area contributed by atoms with Gasteiger partial charge < -0.3 is 0 Å². The maximum atomic E-state index is 2.46. The molecule has 0 aliphatic carbocycles. The van der Waals surface area contributed by atoms with E-state index in [0.717, 1.165) is 0 Å². The Morgan fingerprint density at radius 1 is 0.229 bits per heavy atom. The molecule has 0 radical (unpaired) electrons. The largest absolute Gasteiger partial charge is 0.0622 e. The molecule has 11 aromatic carbocycles. The fourth-order valence-electron chi connectivity index (χ4n) is 10.3. The van der Waals surface area contributed by atoms with Gasteiger partial charge in [-0.25, -0.2) is 0 Å². The van der Waals surface area contributed by atoms with Crippen LogP contribution in [0.15, 0.2) is 273 Å². The molecule has 0 heteroatoms. The molecule has 11 aromatic rings. The van der Waals surface area contributed by atoms with Crippen molar-refractivity contribution >= 4 is 43.8 Å². The third-order valence-corrected chi connectivity index (χ3v) is 13.7. The minimum atomic E-state index is -0.0428. The number of hydrogen-bond acceptors (Lipinski definition) is 0. The fourth-order valence-corrected chi connectivity index (χ4v) is 10.3. The Labute approximate surface area is 413 Å². The zero-order valence-corrected chi connectivity index (χ0v) is 40.0. The van der Waals surface area contributed by atoms with Gasteiger partial charge in [0.25, 0.3) is 0 Å². The van der Waals surface area contributed by atoms with E-state index in [-0.39, 0.29) is 5.41 Å². The summed E-state index contributed by atoms with van der Waals surface area (Å²) in [7, 11) is 0. The first kappa shape index (κ1) is 44.0. The second-order valence-corrected chi connectivity index (χ2v) is 19.2. The minimum absolute atomic E-state index is 0.0428. The molecule has 334 valence electrons. The molecule has 0 spiro atoms. The molecule has 0 aliphatic heterocycles. The van der Waals surface area contributed by atoms with Crippen LogP contribution in [-0.2, 0) is 5.41 Å². The van der Waals surface area contributed by atoms with E-state index in [4.69, 9.17) is 0 Å². The molecular formula is C70H54. The van der Waals surface area contributed by atoms with Crippen molar-refractivity contribution < 1.29 is 0 Å². The molecule has 70 heavy (non-hydrogen) atoms. The molecule has 0 aliphatic rings. The van der Waals surface area contributed by atoms with Crippen LogP contribution >= 0.6 is 0 Å². The number of hydrogen-bond donors (Lipinski definition) is 0. The molecule has 0 aromatic heterocycles. The van der Waals surface area contributed by atoms with Crippen LogP contribution in [0.5, 0.6) is 0 Å². The minimum Gasteiger partial charge on any atom is -0.0622 e. The van der Waals surface area contributed by atoms with Crippen molar-refractivity contribution in [2.45, 2.75) is 26.2 Å². The molecule has 0 bridgehead atoms. The second kappa shape index (κ2) is 19.2. The van der Waals surface area contributed by atoms with E-state index >= 15 is 0 Å². The van der Waals surface area contributed by atoms with Crippen molar-refractivity contribution in [2.75, 3.05) is 0 Å². The standard InChI is InChI=1S/C70H54/c1-70(2,3)59-46-47-62-63(48-59)69(58-44-40-56(41-45-58)67(54-34-20-9-21-35-54)65(51-28-14-6-15-29-51)52-30-16-7-17-31-52)61-37-23-22-36-60(61)68(62)57-42-38-55(39-43-57)66(53-32-18-8-19-33-53)64(49-24-10-4-11-25-49)50-26-12-5-13-27-50/h4-48H,1-3H3. The maximum absolute atomic E-state index is 2.46. The van der Waals surface area contributed by atoms with Gasteiger partial charge in [-0.15, -0.1) is 0 Å². The summed E-state index contributed by atoms with van der Waals surface area (Å²) in [6, 6.07) is 99.9. The van der Waals surface area contributed by atoms with Crippen LogP contribution in [0.1, 0.15) is 70.8 Å². The first-order valence-corrected chi connectivity index (χ1v) is 24.4. The van der Waals surface area contributed by atoms with E-state index in [9.17, 15) is 0 Å². The lowest BCUT2D eigenvalue weighted by atomic mass is 9.80. The van der Waals surface area contributed by atoms with Gasteiger partial charge in [0, 0.05) is 0 Å². The maximum Gasteiger partial charge on any atom is -0.00263 e. The summed E-state index contributed by atoms with van der Waals surface area (Å²) in [6.45, 7) is 6.94. The van der Waals surface area contributed by atoms with Gasteiger partial charge in [-0.3, -0.25) is 0 Å². The van der Waals surface area contributed by atoms with E-state index in [1.54, 1.807) is 0 Å². The van der Waals surface area contributed by atoms with E-state index in [2.05, 4.69) is 294 Å². The third-order valence-electron chi connectivity index (χ3n) is 13.7. The fraction of sp³-hybridized carbons (Fsp3) is 0.0571. The molecule has 0 amide bonds. The average molecular weight is 895 g/mol. The van der Waals surface area contributed by atoms with Crippen LogP contribution in [0, 0.1) is 0 Å². The summed E-state index contributed by atoms with van der Waals surface area (Å²) in [6.07, 6.45) is 0. The van der Waals surface area contributed by atoms with Crippen LogP contribution in [0.25, 0.3) is 66.1 Å². The van der Waals surface area contributed by atoms with Gasteiger partial charge in [0.2, 0.25) is 0 Å². The molecule has 0 heterocycles. The highest BCUT2D eigenvalue weighted by molar-refractivity contribution is 6.22. The lowest BCUT2D eigenvalue weighted by Gasteiger charge is -2.23. The third kappa shape index (κ3) is 8.62. The van der Waals surface area contributed by atoms with E-state index < -0.39 is 0 Å². The summed E-state index contributed by atoms with van der Waals surface area (Å²) < 4.78 is 0. The lowest BCUT2D eigenvalue weighted by Crippen LogP contribution is -2.10. The van der Waals surface area contributed by atoms with Gasteiger partial charge >= 0.3 is 0 Å². The Kier molecular flexibility index (Phi) is 12.1. The van der Waals surface area contributed by atoms with E-state index in [1.807, 2.05) is 0 Å². The summed E-state index contributed by atoms with van der Waals surface area (Å²) in [5.74, 6) is 0. The summed E-state index contributed by atoms with van der Waals surface area (Å²) in [5, 5.41) is 4.97. The van der Waals surface area contributed by atoms with E-state index in [1.165, 1.54) is 116 Å². The predicted molar refractivity (Wildman–Crippen MR) is 300 cm³/mol. The molecular weight excluding hydrogens is 841 g/mol. The van der Waals surface area contributed by atoms with Gasteiger partial charge in [-0.1, -0.05) is 288 Å². The number of fused-ring (bicyclic) bond motifs is 2. The summed E-state index contributed by atoms with van der Waals surface area (Å²) >= 11 is 0. The van der Waals surface area contributed by atoms with Crippen LogP contribution in [0.3, 0.4) is 0 Å². The average Bonchev–Trinajstić information content (AvgIpc) is 3.42. The SMILES string of the molecule is CC(C)(C)c1ccc2c(-c3ccc(C(=C(c4ccccc4)c4ccccc4)c4ccccc4)cc3)c3ccccc3c(-c3ccc(C(=C(c4ccccc4)c4ccccc4)c4ccccc4)cc3)c2c1. The molecule has 0 atom stereocenters. The molecule has 0 unspecified atom stereocenters. The highest BCUT2D eigenvalue weighted by Gasteiger charge is 2.23.